The highest BCUT2D eigenvalue weighted by Crippen LogP contribution is 2.44. The van der Waals surface area contributed by atoms with Gasteiger partial charge in [-0.1, -0.05) is 92.8 Å². The molecule has 176 valence electrons. The Hall–Kier alpha value is -3.77. The average molecular weight is 483 g/mol. The largest absolute Gasteiger partial charge is 0.507 e. The summed E-state index contributed by atoms with van der Waals surface area (Å²) in [6.07, 6.45) is 0.896. The molecule has 0 radical (unpaired) electrons. The number of anilines is 1. The first-order valence-electron chi connectivity index (χ1n) is 11.7. The van der Waals surface area contributed by atoms with Gasteiger partial charge < -0.3 is 5.11 Å². The number of aryl methyl sites for hydroxylation is 1. The maximum atomic E-state index is 13.4. The quantitative estimate of drug-likeness (QED) is 0.197. The van der Waals surface area contributed by atoms with Gasteiger partial charge in [-0.25, -0.2) is 4.98 Å². The Kier molecular flexibility index (Phi) is 5.99. The zero-order chi connectivity index (χ0) is 24.7. The lowest BCUT2D eigenvalue weighted by atomic mass is 9.93. The number of fused-ring (bicyclic) bond motifs is 1. The Bertz CT molecular complexity index is 1450. The van der Waals surface area contributed by atoms with E-state index in [-0.39, 0.29) is 11.3 Å². The lowest BCUT2D eigenvalue weighted by Gasteiger charge is -2.23. The number of aliphatic hydroxyl groups excluding tert-OH is 1. The lowest BCUT2D eigenvalue weighted by Crippen LogP contribution is -2.29. The monoisotopic (exact) mass is 482 g/mol. The highest BCUT2D eigenvalue weighted by molar-refractivity contribution is 7.22. The molecule has 1 fully saturated rings. The molecule has 5 nitrogen and oxygen atoms in total. The third-order valence-electron chi connectivity index (χ3n) is 6.47. The maximum Gasteiger partial charge on any atom is 0.301 e. The molecule has 0 spiro atoms. The Labute approximate surface area is 208 Å². The fraction of sp³-hybridized carbons (Fsp3) is 0.207. The second-order valence-electron chi connectivity index (χ2n) is 9.01. The number of carbonyl (C=O) groups is 2. The molecule has 1 aromatic heterocycles. The van der Waals surface area contributed by atoms with Crippen LogP contribution in [-0.2, 0) is 16.0 Å². The number of aliphatic hydroxyl groups is 1. The molecule has 1 atom stereocenters. The molecule has 6 heteroatoms. The van der Waals surface area contributed by atoms with Crippen molar-refractivity contribution in [1.29, 1.82) is 0 Å². The van der Waals surface area contributed by atoms with Gasteiger partial charge in [0.25, 0.3) is 5.78 Å². The van der Waals surface area contributed by atoms with Crippen LogP contribution in [0.2, 0.25) is 0 Å². The summed E-state index contributed by atoms with van der Waals surface area (Å²) in [4.78, 5) is 32.9. The summed E-state index contributed by atoms with van der Waals surface area (Å²) in [5.74, 6) is -1.23. The molecule has 0 aliphatic carbocycles. The van der Waals surface area contributed by atoms with Gasteiger partial charge >= 0.3 is 5.91 Å². The number of ketones is 1. The highest BCUT2D eigenvalue weighted by atomic mass is 32.1. The zero-order valence-corrected chi connectivity index (χ0v) is 20.7. The minimum atomic E-state index is -0.775. The van der Waals surface area contributed by atoms with Gasteiger partial charge in [-0.2, -0.15) is 0 Å². The van der Waals surface area contributed by atoms with Gasteiger partial charge in [0.05, 0.1) is 21.8 Å². The SMILES string of the molecule is CCc1ccc2nc(N3C(=O)C(=O)/C(=C(/O)c4ccccc4)[C@H]3c3ccc(C(C)C)cc3)sc2c1. The predicted octanol–water partition coefficient (Wildman–Crippen LogP) is 6.61. The Balaban J connectivity index is 1.70. The van der Waals surface area contributed by atoms with Crippen molar-refractivity contribution < 1.29 is 14.7 Å². The second-order valence-corrected chi connectivity index (χ2v) is 10.0. The van der Waals surface area contributed by atoms with Crippen LogP contribution in [0.1, 0.15) is 55.0 Å². The zero-order valence-electron chi connectivity index (χ0n) is 19.9. The summed E-state index contributed by atoms with van der Waals surface area (Å²) < 4.78 is 0.957. The average Bonchev–Trinajstić information content (AvgIpc) is 3.41. The minimum absolute atomic E-state index is 0.0759. The number of thiazole rings is 1. The van der Waals surface area contributed by atoms with E-state index in [0.29, 0.717) is 16.6 Å². The molecule has 3 aromatic carbocycles. The molecule has 2 heterocycles. The first-order chi connectivity index (χ1) is 16.9. The summed E-state index contributed by atoms with van der Waals surface area (Å²) >= 11 is 1.38. The Morgan fingerprint density at radius 1 is 1.03 bits per heavy atom. The van der Waals surface area contributed by atoms with Crippen molar-refractivity contribution in [3.05, 3.63) is 101 Å². The summed E-state index contributed by atoms with van der Waals surface area (Å²) in [6.45, 7) is 6.32. The normalized spacial score (nSPS) is 17.6. The Morgan fingerprint density at radius 3 is 2.40 bits per heavy atom. The number of aromatic nitrogens is 1. The number of hydrogen-bond acceptors (Lipinski definition) is 5. The number of Topliss-reactive ketones (excluding diaryl/α,β-unsaturated/α-hetero) is 1. The number of amides is 1. The Morgan fingerprint density at radius 2 is 1.74 bits per heavy atom. The first kappa shape index (κ1) is 23.0. The molecule has 0 bridgehead atoms. The molecule has 1 aliphatic rings. The van der Waals surface area contributed by atoms with Crippen LogP contribution in [0.4, 0.5) is 5.13 Å². The van der Waals surface area contributed by atoms with E-state index < -0.39 is 17.7 Å². The second kappa shape index (κ2) is 9.12. The van der Waals surface area contributed by atoms with E-state index in [0.717, 1.165) is 27.8 Å². The summed E-state index contributed by atoms with van der Waals surface area (Å²) in [6, 6.07) is 22.0. The van der Waals surface area contributed by atoms with Crippen molar-refractivity contribution in [2.24, 2.45) is 0 Å². The first-order valence-corrected chi connectivity index (χ1v) is 12.6. The topological polar surface area (TPSA) is 70.5 Å². The van der Waals surface area contributed by atoms with E-state index >= 15 is 0 Å². The van der Waals surface area contributed by atoms with E-state index in [2.05, 4.69) is 26.8 Å². The molecule has 1 N–H and O–H groups in total. The van der Waals surface area contributed by atoms with Crippen molar-refractivity contribution in [3.63, 3.8) is 0 Å². The van der Waals surface area contributed by atoms with Crippen LogP contribution < -0.4 is 4.90 Å². The number of benzene rings is 3. The van der Waals surface area contributed by atoms with Gasteiger partial charge in [0.2, 0.25) is 0 Å². The molecule has 35 heavy (non-hydrogen) atoms. The van der Waals surface area contributed by atoms with Crippen LogP contribution in [0.5, 0.6) is 0 Å². The lowest BCUT2D eigenvalue weighted by molar-refractivity contribution is -0.132. The number of hydrogen-bond donors (Lipinski definition) is 1. The molecular weight excluding hydrogens is 456 g/mol. The van der Waals surface area contributed by atoms with Crippen LogP contribution >= 0.6 is 11.3 Å². The fourth-order valence-corrected chi connectivity index (χ4v) is 5.50. The van der Waals surface area contributed by atoms with E-state index in [1.807, 2.05) is 42.5 Å². The highest BCUT2D eigenvalue weighted by Gasteiger charge is 2.48. The molecule has 4 aromatic rings. The van der Waals surface area contributed by atoms with Gasteiger partial charge in [0, 0.05) is 5.56 Å². The van der Waals surface area contributed by atoms with Gasteiger partial charge in [-0.3, -0.25) is 14.5 Å². The van der Waals surface area contributed by atoms with Crippen LogP contribution in [0.25, 0.3) is 16.0 Å². The van der Waals surface area contributed by atoms with Crippen molar-refractivity contribution in [3.8, 4) is 0 Å². The number of carbonyl (C=O) groups excluding carboxylic acids is 2. The van der Waals surface area contributed by atoms with Crippen molar-refractivity contribution in [2.75, 3.05) is 4.90 Å². The van der Waals surface area contributed by atoms with E-state index in [1.54, 1.807) is 24.3 Å². The van der Waals surface area contributed by atoms with Gasteiger partial charge in [0.1, 0.15) is 5.76 Å². The molecule has 1 saturated heterocycles. The molecule has 0 unspecified atom stereocenters. The van der Waals surface area contributed by atoms with E-state index in [9.17, 15) is 14.7 Å². The third kappa shape index (κ3) is 4.04. The molecule has 0 saturated carbocycles. The number of nitrogens with zero attached hydrogens (tertiary/aromatic N) is 2. The van der Waals surface area contributed by atoms with E-state index in [4.69, 9.17) is 4.98 Å². The summed E-state index contributed by atoms with van der Waals surface area (Å²) in [5, 5.41) is 11.7. The van der Waals surface area contributed by atoms with Gasteiger partial charge in [-0.05, 0) is 41.2 Å². The van der Waals surface area contributed by atoms with Gasteiger partial charge in [-0.15, -0.1) is 0 Å². The minimum Gasteiger partial charge on any atom is -0.507 e. The van der Waals surface area contributed by atoms with Crippen molar-refractivity contribution >= 4 is 44.1 Å². The van der Waals surface area contributed by atoms with E-state index in [1.165, 1.54) is 21.8 Å². The number of rotatable bonds is 5. The van der Waals surface area contributed by atoms with Crippen LogP contribution in [-0.4, -0.2) is 21.8 Å². The van der Waals surface area contributed by atoms with Crippen LogP contribution in [0.3, 0.4) is 0 Å². The van der Waals surface area contributed by atoms with Crippen molar-refractivity contribution in [2.45, 2.75) is 39.2 Å². The van der Waals surface area contributed by atoms with Gasteiger partial charge in [0.15, 0.2) is 5.13 Å². The van der Waals surface area contributed by atoms with Crippen LogP contribution in [0, 0.1) is 0 Å². The predicted molar refractivity (Wildman–Crippen MR) is 141 cm³/mol. The maximum absolute atomic E-state index is 13.4. The smallest absolute Gasteiger partial charge is 0.301 e. The third-order valence-corrected chi connectivity index (χ3v) is 7.48. The summed E-state index contributed by atoms with van der Waals surface area (Å²) in [7, 11) is 0. The molecular formula is C29H26N2O3S. The standard InChI is InChI=1S/C29H26N2O3S/c1-4-18-10-15-22-23(16-18)35-29(30-22)31-25(20-13-11-19(12-14-20)17(2)3)24(27(33)28(31)34)26(32)21-8-6-5-7-9-21/h5-17,25,32H,4H2,1-3H3/b26-24+/t25-/m1/s1. The molecule has 1 aliphatic heterocycles. The van der Waals surface area contributed by atoms with Crippen LogP contribution in [0.15, 0.2) is 78.4 Å². The molecule has 5 rings (SSSR count). The van der Waals surface area contributed by atoms with Crippen molar-refractivity contribution in [1.82, 2.24) is 4.98 Å². The summed E-state index contributed by atoms with van der Waals surface area (Å²) in [5.41, 5.74) is 4.43. The molecule has 1 amide bonds. The fourth-order valence-electron chi connectivity index (χ4n) is 4.44.